The number of aromatic nitrogens is 1. The van der Waals surface area contributed by atoms with Gasteiger partial charge in [0.15, 0.2) is 0 Å². The Balaban J connectivity index is 2.04. The van der Waals surface area contributed by atoms with Crippen molar-refractivity contribution in [2.45, 2.75) is 18.2 Å². The minimum absolute atomic E-state index is 0.0249. The van der Waals surface area contributed by atoms with E-state index < -0.39 is 14.9 Å². The number of nitro benzene ring substituents is 1. The third kappa shape index (κ3) is 2.95. The third-order valence-electron chi connectivity index (χ3n) is 3.72. The molecule has 7 nitrogen and oxygen atoms in total. The maximum atomic E-state index is 12.7. The van der Waals surface area contributed by atoms with Gasteiger partial charge >= 0.3 is 0 Å². The number of nitrogens with one attached hydrogen (secondary N) is 2. The number of nitrogens with zero attached hydrogens (tertiary/aromatic N) is 1. The monoisotopic (exact) mass is 345 g/mol. The van der Waals surface area contributed by atoms with Gasteiger partial charge in [-0.15, -0.1) is 0 Å². The lowest BCUT2D eigenvalue weighted by molar-refractivity contribution is -0.384. The predicted octanol–water partition coefficient (Wildman–Crippen LogP) is 3.44. The highest BCUT2D eigenvalue weighted by Gasteiger charge is 2.21. The van der Waals surface area contributed by atoms with Gasteiger partial charge < -0.3 is 4.98 Å². The molecule has 0 atom stereocenters. The lowest BCUT2D eigenvalue weighted by Gasteiger charge is -2.08. The molecule has 1 heterocycles. The Kier molecular flexibility index (Phi) is 3.98. The topological polar surface area (TPSA) is 105 Å². The molecule has 3 aromatic rings. The van der Waals surface area contributed by atoms with Crippen molar-refractivity contribution in [3.63, 3.8) is 0 Å². The van der Waals surface area contributed by atoms with Crippen LogP contribution in [0.2, 0.25) is 0 Å². The minimum Gasteiger partial charge on any atom is -0.360 e. The number of aryl methyl sites for hydroxylation is 1. The Morgan fingerprint density at radius 3 is 2.71 bits per heavy atom. The largest absolute Gasteiger partial charge is 0.360 e. The van der Waals surface area contributed by atoms with Gasteiger partial charge in [0.25, 0.3) is 15.7 Å². The molecule has 0 amide bonds. The SMILES string of the molecule is CCc1cccc(NS(=O)(=O)c2c[nH]c3ccc([N+](=O)[O-])cc23)c1. The number of sulfonamides is 1. The molecule has 0 saturated carbocycles. The van der Waals surface area contributed by atoms with E-state index in [1.54, 1.807) is 18.2 Å². The van der Waals surface area contributed by atoms with Crippen molar-refractivity contribution in [2.75, 3.05) is 4.72 Å². The zero-order valence-corrected chi connectivity index (χ0v) is 13.6. The second kappa shape index (κ2) is 5.97. The van der Waals surface area contributed by atoms with E-state index in [1.807, 2.05) is 13.0 Å². The Bertz CT molecular complexity index is 1020. The summed E-state index contributed by atoms with van der Waals surface area (Å²) in [5.74, 6) is 0. The number of hydrogen-bond donors (Lipinski definition) is 2. The molecule has 0 spiro atoms. The van der Waals surface area contributed by atoms with Crippen LogP contribution in [0, 0.1) is 10.1 Å². The number of fused-ring (bicyclic) bond motifs is 1. The zero-order chi connectivity index (χ0) is 17.3. The third-order valence-corrected chi connectivity index (χ3v) is 5.14. The molecule has 0 radical (unpaired) electrons. The van der Waals surface area contributed by atoms with E-state index in [-0.39, 0.29) is 16.0 Å². The first-order valence-corrected chi connectivity index (χ1v) is 8.76. The molecule has 124 valence electrons. The van der Waals surface area contributed by atoms with Crippen LogP contribution < -0.4 is 4.72 Å². The summed E-state index contributed by atoms with van der Waals surface area (Å²) >= 11 is 0. The van der Waals surface area contributed by atoms with Gasteiger partial charge in [-0.25, -0.2) is 8.42 Å². The summed E-state index contributed by atoms with van der Waals surface area (Å²) in [4.78, 5) is 13.2. The predicted molar refractivity (Wildman–Crippen MR) is 91.6 cm³/mol. The van der Waals surface area contributed by atoms with Gasteiger partial charge in [-0.3, -0.25) is 14.8 Å². The highest BCUT2D eigenvalue weighted by atomic mass is 32.2. The number of aromatic amines is 1. The molecule has 1 aromatic heterocycles. The second-order valence-electron chi connectivity index (χ2n) is 5.30. The molecule has 2 N–H and O–H groups in total. The summed E-state index contributed by atoms with van der Waals surface area (Å²) in [6.07, 6.45) is 2.12. The van der Waals surface area contributed by atoms with Crippen LogP contribution >= 0.6 is 0 Å². The van der Waals surface area contributed by atoms with Crippen LogP contribution in [0.15, 0.2) is 53.6 Å². The van der Waals surface area contributed by atoms with E-state index in [4.69, 9.17) is 0 Å². The molecule has 24 heavy (non-hydrogen) atoms. The van der Waals surface area contributed by atoms with Crippen molar-refractivity contribution in [1.82, 2.24) is 4.98 Å². The number of rotatable bonds is 5. The fourth-order valence-corrected chi connectivity index (χ4v) is 3.70. The standard InChI is InChI=1S/C16H15N3O4S/c1-2-11-4-3-5-12(8-11)18-24(22,23)16-10-17-15-7-6-13(19(20)21)9-14(15)16/h3-10,17-18H,2H2,1H3. The summed E-state index contributed by atoms with van der Waals surface area (Å²) in [6, 6.07) is 11.2. The Labute approximate surface area is 138 Å². The Hall–Kier alpha value is -2.87. The molecular weight excluding hydrogens is 330 g/mol. The number of benzene rings is 2. The van der Waals surface area contributed by atoms with Gasteiger partial charge in [0.2, 0.25) is 0 Å². The summed E-state index contributed by atoms with van der Waals surface area (Å²) in [7, 11) is -3.87. The van der Waals surface area contributed by atoms with Gasteiger partial charge in [-0.05, 0) is 30.2 Å². The van der Waals surface area contributed by atoms with E-state index in [0.717, 1.165) is 12.0 Å². The van der Waals surface area contributed by atoms with Crippen molar-refractivity contribution in [2.24, 2.45) is 0 Å². The molecule has 0 unspecified atom stereocenters. The molecule has 0 fully saturated rings. The quantitative estimate of drug-likeness (QED) is 0.546. The number of H-pyrrole nitrogens is 1. The summed E-state index contributed by atoms with van der Waals surface area (Å²) < 4.78 is 27.8. The molecule has 0 aliphatic carbocycles. The molecule has 0 aliphatic heterocycles. The number of hydrogen-bond acceptors (Lipinski definition) is 4. The van der Waals surface area contributed by atoms with Crippen molar-refractivity contribution in [3.05, 3.63) is 64.3 Å². The van der Waals surface area contributed by atoms with Crippen molar-refractivity contribution >= 4 is 32.3 Å². The average Bonchev–Trinajstić information content (AvgIpc) is 2.98. The number of nitro groups is 1. The highest BCUT2D eigenvalue weighted by molar-refractivity contribution is 7.93. The smallest absolute Gasteiger partial charge is 0.270 e. The van der Waals surface area contributed by atoms with Crippen LogP contribution in [-0.4, -0.2) is 18.3 Å². The molecule has 8 heteroatoms. The van der Waals surface area contributed by atoms with Crippen molar-refractivity contribution < 1.29 is 13.3 Å². The van der Waals surface area contributed by atoms with Crippen molar-refractivity contribution in [1.29, 1.82) is 0 Å². The first-order valence-electron chi connectivity index (χ1n) is 7.28. The first kappa shape index (κ1) is 16.0. The molecule has 2 aromatic carbocycles. The van der Waals surface area contributed by atoms with Gasteiger partial charge in [0.1, 0.15) is 4.90 Å². The van der Waals surface area contributed by atoms with E-state index >= 15 is 0 Å². The maximum absolute atomic E-state index is 12.7. The zero-order valence-electron chi connectivity index (χ0n) is 12.8. The maximum Gasteiger partial charge on any atom is 0.270 e. The lowest BCUT2D eigenvalue weighted by Crippen LogP contribution is -2.12. The van der Waals surface area contributed by atoms with Gasteiger partial charge in [0.05, 0.1) is 4.92 Å². The summed E-state index contributed by atoms with van der Waals surface area (Å²) in [6.45, 7) is 1.98. The van der Waals surface area contributed by atoms with Crippen LogP contribution in [0.5, 0.6) is 0 Å². The van der Waals surface area contributed by atoms with Crippen LogP contribution in [0.3, 0.4) is 0 Å². The van der Waals surface area contributed by atoms with Crippen LogP contribution in [0.25, 0.3) is 10.9 Å². The van der Waals surface area contributed by atoms with Crippen LogP contribution in [0.1, 0.15) is 12.5 Å². The Morgan fingerprint density at radius 2 is 2.00 bits per heavy atom. The molecule has 0 aliphatic rings. The first-order chi connectivity index (χ1) is 11.4. The number of non-ortho nitro benzene ring substituents is 1. The average molecular weight is 345 g/mol. The minimum atomic E-state index is -3.87. The summed E-state index contributed by atoms with van der Waals surface area (Å²) in [5.41, 5.74) is 1.81. The molecule has 3 rings (SSSR count). The second-order valence-corrected chi connectivity index (χ2v) is 6.95. The molecule has 0 bridgehead atoms. The molecular formula is C16H15N3O4S. The van der Waals surface area contributed by atoms with E-state index in [9.17, 15) is 18.5 Å². The fraction of sp³-hybridized carbons (Fsp3) is 0.125. The van der Waals surface area contributed by atoms with E-state index in [1.165, 1.54) is 24.4 Å². The fourth-order valence-electron chi connectivity index (χ4n) is 2.48. The van der Waals surface area contributed by atoms with Crippen LogP contribution in [0.4, 0.5) is 11.4 Å². The van der Waals surface area contributed by atoms with Gasteiger partial charge in [-0.1, -0.05) is 19.1 Å². The molecule has 0 saturated heterocycles. The lowest BCUT2D eigenvalue weighted by atomic mass is 10.1. The Morgan fingerprint density at radius 1 is 1.21 bits per heavy atom. The van der Waals surface area contributed by atoms with Gasteiger partial charge in [0, 0.05) is 34.9 Å². The highest BCUT2D eigenvalue weighted by Crippen LogP contribution is 2.28. The van der Waals surface area contributed by atoms with Crippen LogP contribution in [-0.2, 0) is 16.4 Å². The van der Waals surface area contributed by atoms with Gasteiger partial charge in [-0.2, -0.15) is 0 Å². The number of anilines is 1. The van der Waals surface area contributed by atoms with E-state index in [0.29, 0.717) is 11.2 Å². The summed E-state index contributed by atoms with van der Waals surface area (Å²) in [5, 5.41) is 11.2. The normalized spacial score (nSPS) is 11.5. The van der Waals surface area contributed by atoms with E-state index in [2.05, 4.69) is 9.71 Å². The van der Waals surface area contributed by atoms with Crippen molar-refractivity contribution in [3.8, 4) is 0 Å².